The van der Waals surface area contributed by atoms with E-state index in [1.807, 2.05) is 48.5 Å². The van der Waals surface area contributed by atoms with Crippen molar-refractivity contribution in [1.29, 1.82) is 0 Å². The summed E-state index contributed by atoms with van der Waals surface area (Å²) in [7, 11) is 0. The van der Waals surface area contributed by atoms with Crippen LogP contribution in [0.25, 0.3) is 39.3 Å². The lowest BCUT2D eigenvalue weighted by Crippen LogP contribution is -2.28. The number of fused-ring (bicyclic) bond motifs is 1. The molecule has 7 heteroatoms. The Morgan fingerprint density at radius 2 is 1.92 bits per heavy atom. The van der Waals surface area contributed by atoms with Gasteiger partial charge in [0.05, 0.1) is 17.1 Å². The maximum Gasteiger partial charge on any atom is 0.251 e. The third kappa shape index (κ3) is 5.04. The molecule has 6 nitrogen and oxygen atoms in total. The van der Waals surface area contributed by atoms with Gasteiger partial charge < -0.3 is 15.4 Å². The summed E-state index contributed by atoms with van der Waals surface area (Å²) in [5.74, 6) is 0.236. The standard InChI is InChI=1S/C31H27ClN4O2/c1-3-8-26(21-9-7-16-33-18-21)36-31(38)20-14-15-22(24(17-20)19(2)37)29-23(10-6-11-25(29)32)30-34-27-12-4-5-13-28(27)35-30/h4-7,9-18,26,37H,2-3,8H2,1H3,(H,34,35)(H,36,38). The number of aromatic nitrogens is 3. The van der Waals surface area contributed by atoms with Crippen molar-refractivity contribution in [3.8, 4) is 22.5 Å². The molecule has 5 aromatic rings. The molecule has 0 bridgehead atoms. The summed E-state index contributed by atoms with van der Waals surface area (Å²) in [6.07, 6.45) is 5.15. The molecular formula is C31H27ClN4O2. The molecule has 38 heavy (non-hydrogen) atoms. The lowest BCUT2D eigenvalue weighted by atomic mass is 9.92. The number of aliphatic hydroxyl groups is 1. The summed E-state index contributed by atoms with van der Waals surface area (Å²) in [6, 6.07) is 22.1. The third-order valence-electron chi connectivity index (χ3n) is 6.49. The van der Waals surface area contributed by atoms with E-state index >= 15 is 0 Å². The maximum atomic E-state index is 13.3. The second kappa shape index (κ2) is 10.9. The fraction of sp³-hybridized carbons (Fsp3) is 0.129. The van der Waals surface area contributed by atoms with E-state index in [1.165, 1.54) is 0 Å². The van der Waals surface area contributed by atoms with Crippen LogP contribution in [0.1, 0.15) is 47.3 Å². The maximum absolute atomic E-state index is 13.3. The normalized spacial score (nSPS) is 11.8. The Labute approximate surface area is 226 Å². The minimum atomic E-state index is -0.252. The Balaban J connectivity index is 1.55. The summed E-state index contributed by atoms with van der Waals surface area (Å²) in [6.45, 7) is 5.84. The number of rotatable bonds is 8. The molecule has 1 unspecified atom stereocenters. The van der Waals surface area contributed by atoms with Gasteiger partial charge in [-0.25, -0.2) is 4.98 Å². The Kier molecular flexibility index (Phi) is 7.24. The molecule has 2 heterocycles. The van der Waals surface area contributed by atoms with Crippen LogP contribution in [0.4, 0.5) is 0 Å². The van der Waals surface area contributed by atoms with Crippen LogP contribution in [-0.2, 0) is 0 Å². The van der Waals surface area contributed by atoms with Gasteiger partial charge in [0, 0.05) is 39.7 Å². The molecule has 1 amide bonds. The number of para-hydroxylation sites is 2. The van der Waals surface area contributed by atoms with Crippen molar-refractivity contribution in [2.75, 3.05) is 0 Å². The van der Waals surface area contributed by atoms with Gasteiger partial charge in [0.1, 0.15) is 11.6 Å². The Morgan fingerprint density at radius 3 is 2.66 bits per heavy atom. The first-order chi connectivity index (χ1) is 18.5. The molecule has 0 fully saturated rings. The lowest BCUT2D eigenvalue weighted by molar-refractivity contribution is 0.0934. The smallest absolute Gasteiger partial charge is 0.251 e. The number of aromatic amines is 1. The minimum Gasteiger partial charge on any atom is -0.508 e. The molecule has 1 atom stereocenters. The highest BCUT2D eigenvalue weighted by Crippen LogP contribution is 2.40. The topological polar surface area (TPSA) is 90.9 Å². The second-order valence-electron chi connectivity index (χ2n) is 9.07. The van der Waals surface area contributed by atoms with E-state index < -0.39 is 0 Å². The first-order valence-corrected chi connectivity index (χ1v) is 12.8. The summed E-state index contributed by atoms with van der Waals surface area (Å²) < 4.78 is 0. The fourth-order valence-corrected chi connectivity index (χ4v) is 4.93. The highest BCUT2D eigenvalue weighted by Gasteiger charge is 2.21. The molecule has 0 radical (unpaired) electrons. The predicted octanol–water partition coefficient (Wildman–Crippen LogP) is 7.75. The number of benzene rings is 3. The van der Waals surface area contributed by atoms with Crippen LogP contribution in [0.2, 0.25) is 5.02 Å². The first-order valence-electron chi connectivity index (χ1n) is 12.4. The molecule has 0 aliphatic heterocycles. The number of H-pyrrole nitrogens is 1. The molecule has 3 N–H and O–H groups in total. The van der Waals surface area contributed by atoms with E-state index in [-0.39, 0.29) is 17.7 Å². The van der Waals surface area contributed by atoms with Crippen molar-refractivity contribution in [2.24, 2.45) is 0 Å². The lowest BCUT2D eigenvalue weighted by Gasteiger charge is -2.19. The van der Waals surface area contributed by atoms with Crippen LogP contribution >= 0.6 is 11.6 Å². The number of carbonyl (C=O) groups is 1. The van der Waals surface area contributed by atoms with E-state index in [9.17, 15) is 9.90 Å². The Bertz CT molecular complexity index is 1600. The number of amides is 1. The third-order valence-corrected chi connectivity index (χ3v) is 6.80. The minimum absolute atomic E-state index is 0.164. The number of halogens is 1. The van der Waals surface area contributed by atoms with E-state index in [1.54, 1.807) is 36.7 Å². The highest BCUT2D eigenvalue weighted by molar-refractivity contribution is 6.34. The van der Waals surface area contributed by atoms with Gasteiger partial charge in [-0.2, -0.15) is 0 Å². The van der Waals surface area contributed by atoms with E-state index in [2.05, 4.69) is 28.8 Å². The highest BCUT2D eigenvalue weighted by atomic mass is 35.5. The van der Waals surface area contributed by atoms with Gasteiger partial charge in [0.25, 0.3) is 5.91 Å². The largest absolute Gasteiger partial charge is 0.508 e. The number of hydrogen-bond acceptors (Lipinski definition) is 4. The van der Waals surface area contributed by atoms with Crippen molar-refractivity contribution >= 4 is 34.3 Å². The van der Waals surface area contributed by atoms with E-state index in [4.69, 9.17) is 16.6 Å². The SMILES string of the molecule is C=C(O)c1cc(C(=O)NC(CCC)c2cccnc2)ccc1-c1c(Cl)cccc1-c1nc2ccccc2[nH]1. The zero-order valence-corrected chi connectivity index (χ0v) is 21.7. The summed E-state index contributed by atoms with van der Waals surface area (Å²) in [5.41, 5.74) is 5.60. The van der Waals surface area contributed by atoms with Gasteiger partial charge in [-0.15, -0.1) is 0 Å². The number of aliphatic hydroxyl groups excluding tert-OH is 1. The molecule has 190 valence electrons. The van der Waals surface area contributed by atoms with E-state index in [0.29, 0.717) is 33.1 Å². The zero-order chi connectivity index (χ0) is 26.6. The summed E-state index contributed by atoms with van der Waals surface area (Å²) in [5, 5.41) is 14.2. The van der Waals surface area contributed by atoms with Crippen LogP contribution in [0, 0.1) is 0 Å². The number of pyridine rings is 1. The molecule has 0 aliphatic rings. The summed E-state index contributed by atoms with van der Waals surface area (Å²) >= 11 is 6.72. The molecule has 5 rings (SSSR count). The van der Waals surface area contributed by atoms with Crippen LogP contribution in [-0.4, -0.2) is 26.0 Å². The summed E-state index contributed by atoms with van der Waals surface area (Å²) in [4.78, 5) is 25.6. The molecule has 2 aromatic heterocycles. The quantitative estimate of drug-likeness (QED) is 0.182. The van der Waals surface area contributed by atoms with Crippen LogP contribution in [0.15, 0.2) is 91.8 Å². The number of carbonyl (C=O) groups excluding carboxylic acids is 1. The van der Waals surface area contributed by atoms with Crippen molar-refractivity contribution in [3.63, 3.8) is 0 Å². The van der Waals surface area contributed by atoms with E-state index in [0.717, 1.165) is 35.0 Å². The van der Waals surface area contributed by atoms with Crippen molar-refractivity contribution in [3.05, 3.63) is 113 Å². The van der Waals surface area contributed by atoms with Gasteiger partial charge in [0.2, 0.25) is 0 Å². The molecule has 0 saturated carbocycles. The number of nitrogens with zero attached hydrogens (tertiary/aromatic N) is 2. The van der Waals surface area contributed by atoms with Gasteiger partial charge in [0.15, 0.2) is 0 Å². The van der Waals surface area contributed by atoms with Crippen LogP contribution in [0.5, 0.6) is 0 Å². The Morgan fingerprint density at radius 1 is 1.08 bits per heavy atom. The van der Waals surface area contributed by atoms with Gasteiger partial charge in [-0.1, -0.05) is 67.9 Å². The average molecular weight is 523 g/mol. The predicted molar refractivity (Wildman–Crippen MR) is 153 cm³/mol. The molecule has 0 spiro atoms. The molecule has 0 aliphatic carbocycles. The van der Waals surface area contributed by atoms with Gasteiger partial charge >= 0.3 is 0 Å². The van der Waals surface area contributed by atoms with Gasteiger partial charge in [-0.05, 0) is 53.9 Å². The number of hydrogen-bond donors (Lipinski definition) is 3. The number of imidazole rings is 1. The van der Waals surface area contributed by atoms with Gasteiger partial charge in [-0.3, -0.25) is 9.78 Å². The monoisotopic (exact) mass is 522 g/mol. The van der Waals surface area contributed by atoms with Crippen LogP contribution in [0.3, 0.4) is 0 Å². The molecule has 0 saturated heterocycles. The number of nitrogens with one attached hydrogen (secondary N) is 2. The molecular weight excluding hydrogens is 496 g/mol. The average Bonchev–Trinajstić information content (AvgIpc) is 3.37. The second-order valence-corrected chi connectivity index (χ2v) is 9.48. The van der Waals surface area contributed by atoms with Crippen molar-refractivity contribution in [1.82, 2.24) is 20.3 Å². The van der Waals surface area contributed by atoms with Crippen molar-refractivity contribution in [2.45, 2.75) is 25.8 Å². The fourth-order valence-electron chi connectivity index (χ4n) is 4.65. The Hall–Kier alpha value is -4.42. The first kappa shape index (κ1) is 25.2. The molecule has 3 aromatic carbocycles. The zero-order valence-electron chi connectivity index (χ0n) is 20.9. The van der Waals surface area contributed by atoms with Crippen molar-refractivity contribution < 1.29 is 9.90 Å². The van der Waals surface area contributed by atoms with Crippen LogP contribution < -0.4 is 5.32 Å².